The average Bonchev–Trinajstić information content (AvgIpc) is 2.33. The maximum absolute atomic E-state index is 10.7. The molecule has 1 unspecified atom stereocenters. The highest BCUT2D eigenvalue weighted by molar-refractivity contribution is 6.29. The van der Waals surface area contributed by atoms with Crippen LogP contribution in [0.3, 0.4) is 0 Å². The van der Waals surface area contributed by atoms with Crippen LogP contribution in [0, 0.1) is 0 Å². The number of benzene rings is 1. The fourth-order valence-electron chi connectivity index (χ4n) is 1.52. The fourth-order valence-corrected chi connectivity index (χ4v) is 1.69. The van der Waals surface area contributed by atoms with Crippen molar-refractivity contribution in [3.05, 3.63) is 23.8 Å². The molecule has 0 saturated heterocycles. The van der Waals surface area contributed by atoms with Crippen LogP contribution in [0.1, 0.15) is 19.4 Å². The van der Waals surface area contributed by atoms with E-state index in [1.807, 2.05) is 13.8 Å². The molecule has 0 aliphatic heterocycles. The first kappa shape index (κ1) is 14.6. The summed E-state index contributed by atoms with van der Waals surface area (Å²) in [5.74, 6) is 0.249. The van der Waals surface area contributed by atoms with Gasteiger partial charge in [-0.15, -0.1) is 11.6 Å². The Hall–Kier alpha value is -1.42. The molecule has 0 fully saturated rings. The topological polar surface area (TPSA) is 55.8 Å². The predicted octanol–water partition coefficient (Wildman–Crippen LogP) is 2.72. The third-order valence-corrected chi connectivity index (χ3v) is 2.63. The van der Waals surface area contributed by atoms with E-state index in [4.69, 9.17) is 26.2 Å². The fraction of sp³-hybridized carbons (Fsp3) is 0.462. The lowest BCUT2D eigenvalue weighted by atomic mass is 10.1. The Balaban J connectivity index is 2.88. The first-order valence-electron chi connectivity index (χ1n) is 5.83. The van der Waals surface area contributed by atoms with Crippen molar-refractivity contribution < 1.29 is 19.4 Å². The molecule has 1 atom stereocenters. The SMILES string of the molecule is CCOc1ccc(CC(Cl)C(=O)O)cc1OCC. The molecule has 0 radical (unpaired) electrons. The predicted molar refractivity (Wildman–Crippen MR) is 69.8 cm³/mol. The van der Waals surface area contributed by atoms with E-state index >= 15 is 0 Å². The second-order valence-electron chi connectivity index (χ2n) is 3.66. The highest BCUT2D eigenvalue weighted by Gasteiger charge is 2.15. The first-order valence-corrected chi connectivity index (χ1v) is 6.27. The number of aliphatic carboxylic acids is 1. The zero-order valence-electron chi connectivity index (χ0n) is 10.5. The molecule has 1 aromatic rings. The molecule has 0 saturated carbocycles. The van der Waals surface area contributed by atoms with Gasteiger partial charge in [-0.25, -0.2) is 0 Å². The molecule has 18 heavy (non-hydrogen) atoms. The van der Waals surface area contributed by atoms with Gasteiger partial charge in [-0.05, 0) is 38.0 Å². The molecule has 0 aliphatic carbocycles. The van der Waals surface area contributed by atoms with Crippen LogP contribution in [0.25, 0.3) is 0 Å². The molecule has 5 heteroatoms. The number of ether oxygens (including phenoxy) is 2. The smallest absolute Gasteiger partial charge is 0.321 e. The Morgan fingerprint density at radius 2 is 1.89 bits per heavy atom. The van der Waals surface area contributed by atoms with Crippen molar-refractivity contribution in [2.24, 2.45) is 0 Å². The van der Waals surface area contributed by atoms with Crippen LogP contribution >= 0.6 is 11.6 Å². The second kappa shape index (κ2) is 7.11. The summed E-state index contributed by atoms with van der Waals surface area (Å²) in [4.78, 5) is 10.7. The highest BCUT2D eigenvalue weighted by atomic mass is 35.5. The van der Waals surface area contributed by atoms with Gasteiger partial charge in [0.2, 0.25) is 0 Å². The maximum Gasteiger partial charge on any atom is 0.321 e. The summed E-state index contributed by atoms with van der Waals surface area (Å²) in [6.45, 7) is 4.84. The number of hydrogen-bond donors (Lipinski definition) is 1. The van der Waals surface area contributed by atoms with Gasteiger partial charge in [-0.3, -0.25) is 4.79 Å². The summed E-state index contributed by atoms with van der Waals surface area (Å²) in [5, 5.41) is 7.83. The number of alkyl halides is 1. The van der Waals surface area contributed by atoms with Crippen LogP contribution in [0.15, 0.2) is 18.2 Å². The third kappa shape index (κ3) is 4.11. The van der Waals surface area contributed by atoms with Crippen LogP contribution in [0.5, 0.6) is 11.5 Å². The van der Waals surface area contributed by atoms with E-state index in [2.05, 4.69) is 0 Å². The lowest BCUT2D eigenvalue weighted by molar-refractivity contribution is -0.136. The molecule has 0 spiro atoms. The number of hydrogen-bond acceptors (Lipinski definition) is 3. The number of carbonyl (C=O) groups is 1. The number of halogens is 1. The standard InChI is InChI=1S/C13H17ClO4/c1-3-17-11-6-5-9(7-10(14)13(15)16)8-12(11)18-4-2/h5-6,8,10H,3-4,7H2,1-2H3,(H,15,16). The minimum absolute atomic E-state index is 0.253. The Kier molecular flexibility index (Phi) is 5.78. The summed E-state index contributed by atoms with van der Waals surface area (Å²) in [7, 11) is 0. The van der Waals surface area contributed by atoms with Crippen molar-refractivity contribution in [2.45, 2.75) is 25.6 Å². The van der Waals surface area contributed by atoms with Gasteiger partial charge in [0, 0.05) is 0 Å². The molecule has 1 N–H and O–H groups in total. The normalized spacial score (nSPS) is 11.9. The van der Waals surface area contributed by atoms with E-state index in [0.717, 1.165) is 5.56 Å². The van der Waals surface area contributed by atoms with E-state index in [-0.39, 0.29) is 6.42 Å². The number of carboxylic acid groups (broad SMARTS) is 1. The molecule has 0 bridgehead atoms. The van der Waals surface area contributed by atoms with Gasteiger partial charge in [0.25, 0.3) is 0 Å². The molecular formula is C13H17ClO4. The summed E-state index contributed by atoms with van der Waals surface area (Å²) >= 11 is 5.71. The molecule has 0 amide bonds. The summed E-state index contributed by atoms with van der Waals surface area (Å²) < 4.78 is 10.9. The van der Waals surface area contributed by atoms with E-state index in [1.165, 1.54) is 0 Å². The van der Waals surface area contributed by atoms with Crippen molar-refractivity contribution in [3.8, 4) is 11.5 Å². The molecule has 0 aliphatic rings. The molecular weight excluding hydrogens is 256 g/mol. The van der Waals surface area contributed by atoms with E-state index in [9.17, 15) is 4.79 Å². The summed E-state index contributed by atoms with van der Waals surface area (Å²) in [5.41, 5.74) is 0.810. The molecule has 1 aromatic carbocycles. The van der Waals surface area contributed by atoms with E-state index in [0.29, 0.717) is 24.7 Å². The molecule has 100 valence electrons. The summed E-state index contributed by atoms with van der Waals surface area (Å²) in [6, 6.07) is 5.34. The number of carboxylic acids is 1. The first-order chi connectivity index (χ1) is 8.58. The number of rotatable bonds is 7. The van der Waals surface area contributed by atoms with Crippen molar-refractivity contribution in [1.29, 1.82) is 0 Å². The zero-order valence-corrected chi connectivity index (χ0v) is 11.2. The molecule has 1 rings (SSSR count). The quantitative estimate of drug-likeness (QED) is 0.776. The van der Waals surface area contributed by atoms with Gasteiger partial charge in [0.05, 0.1) is 13.2 Å². The van der Waals surface area contributed by atoms with Gasteiger partial charge >= 0.3 is 5.97 Å². The largest absolute Gasteiger partial charge is 0.490 e. The zero-order chi connectivity index (χ0) is 13.5. The average molecular weight is 273 g/mol. The molecule has 0 aromatic heterocycles. The van der Waals surface area contributed by atoms with Crippen molar-refractivity contribution in [1.82, 2.24) is 0 Å². The lowest BCUT2D eigenvalue weighted by Crippen LogP contribution is -2.16. The van der Waals surface area contributed by atoms with E-state index in [1.54, 1.807) is 18.2 Å². The minimum atomic E-state index is -1.02. The molecule has 4 nitrogen and oxygen atoms in total. The van der Waals surface area contributed by atoms with Gasteiger partial charge < -0.3 is 14.6 Å². The van der Waals surface area contributed by atoms with Crippen LogP contribution in [-0.4, -0.2) is 29.7 Å². The van der Waals surface area contributed by atoms with Crippen LogP contribution in [0.4, 0.5) is 0 Å². The van der Waals surface area contributed by atoms with Crippen LogP contribution < -0.4 is 9.47 Å². The van der Waals surface area contributed by atoms with Gasteiger partial charge in [0.15, 0.2) is 11.5 Å². The second-order valence-corrected chi connectivity index (χ2v) is 4.18. The van der Waals surface area contributed by atoms with Gasteiger partial charge in [0.1, 0.15) is 5.38 Å². The van der Waals surface area contributed by atoms with Gasteiger partial charge in [-0.2, -0.15) is 0 Å². The van der Waals surface area contributed by atoms with Crippen LogP contribution in [-0.2, 0) is 11.2 Å². The highest BCUT2D eigenvalue weighted by Crippen LogP contribution is 2.29. The Morgan fingerprint density at radius 3 is 2.44 bits per heavy atom. The van der Waals surface area contributed by atoms with Gasteiger partial charge in [-0.1, -0.05) is 6.07 Å². The van der Waals surface area contributed by atoms with Crippen molar-refractivity contribution in [2.75, 3.05) is 13.2 Å². The van der Waals surface area contributed by atoms with Crippen molar-refractivity contribution >= 4 is 17.6 Å². The van der Waals surface area contributed by atoms with E-state index < -0.39 is 11.3 Å². The summed E-state index contributed by atoms with van der Waals surface area (Å²) in [6.07, 6.45) is 0.253. The third-order valence-electron chi connectivity index (χ3n) is 2.29. The van der Waals surface area contributed by atoms with Crippen molar-refractivity contribution in [3.63, 3.8) is 0 Å². The minimum Gasteiger partial charge on any atom is -0.490 e. The Labute approximate surface area is 111 Å². The maximum atomic E-state index is 10.7. The monoisotopic (exact) mass is 272 g/mol. The Morgan fingerprint density at radius 1 is 1.28 bits per heavy atom. The Bertz CT molecular complexity index is 406. The molecule has 0 heterocycles. The van der Waals surface area contributed by atoms with Crippen LogP contribution in [0.2, 0.25) is 0 Å². The lowest BCUT2D eigenvalue weighted by Gasteiger charge is -2.13.